The van der Waals surface area contributed by atoms with Crippen LogP contribution >= 0.6 is 0 Å². The van der Waals surface area contributed by atoms with Gasteiger partial charge in [-0.2, -0.15) is 0 Å². The van der Waals surface area contributed by atoms with E-state index in [0.717, 1.165) is 34.5 Å². The van der Waals surface area contributed by atoms with Crippen LogP contribution in [0.2, 0.25) is 0 Å². The van der Waals surface area contributed by atoms with Crippen LogP contribution in [0.1, 0.15) is 12.5 Å². The zero-order valence-electron chi connectivity index (χ0n) is 18.9. The van der Waals surface area contributed by atoms with E-state index in [4.69, 9.17) is 11.5 Å². The van der Waals surface area contributed by atoms with Gasteiger partial charge in [-0.05, 0) is 42.3 Å². The van der Waals surface area contributed by atoms with Crippen molar-refractivity contribution >= 4 is 17.4 Å². The maximum atomic E-state index is 13.5. The van der Waals surface area contributed by atoms with Gasteiger partial charge in [-0.1, -0.05) is 6.07 Å². The summed E-state index contributed by atoms with van der Waals surface area (Å²) in [4.78, 5) is 25.2. The van der Waals surface area contributed by atoms with Crippen LogP contribution < -0.4 is 22.1 Å². The minimum absolute atomic E-state index is 0.395. The zero-order valence-corrected chi connectivity index (χ0v) is 18.9. The number of benzene rings is 1. The number of carbonyl (C=O) groups excluding carboxylic acids is 1. The van der Waals surface area contributed by atoms with Gasteiger partial charge in [-0.3, -0.25) is 9.78 Å². The first kappa shape index (κ1) is 24.3. The lowest BCUT2D eigenvalue weighted by Gasteiger charge is -2.13. The molecule has 0 fully saturated rings. The fourth-order valence-electron chi connectivity index (χ4n) is 3.15. The molecule has 0 atom stereocenters. The number of aryl methyl sites for hydroxylation is 1. The van der Waals surface area contributed by atoms with E-state index >= 15 is 0 Å². The molecule has 0 aliphatic carbocycles. The molecule has 2 heterocycles. The number of alkyl halides is 2. The summed E-state index contributed by atoms with van der Waals surface area (Å²) < 4.78 is 27.0. The Bertz CT molecular complexity index is 1270. The molecule has 0 saturated heterocycles. The number of anilines is 2. The summed E-state index contributed by atoms with van der Waals surface area (Å²) in [5.41, 5.74) is 14.5. The first-order valence-electron chi connectivity index (χ1n) is 10.3. The number of rotatable bonds is 7. The van der Waals surface area contributed by atoms with Crippen LogP contribution in [-0.2, 0) is 4.79 Å². The monoisotopic (exact) mass is 465 g/mol. The number of nitrogens with one attached hydrogen (secondary N) is 2. The SMILES string of the molecule is CNc1cc(-c2cncc(-c3cc(NC(=O)/C(N)=C/C(=C\N)C(C)(F)F)ccc3C)c2)ncn1. The summed E-state index contributed by atoms with van der Waals surface area (Å²) in [6, 6.07) is 9.02. The van der Waals surface area contributed by atoms with Crippen LogP contribution in [0.25, 0.3) is 22.4 Å². The first-order valence-corrected chi connectivity index (χ1v) is 10.3. The van der Waals surface area contributed by atoms with Gasteiger partial charge >= 0.3 is 0 Å². The van der Waals surface area contributed by atoms with Gasteiger partial charge < -0.3 is 22.1 Å². The van der Waals surface area contributed by atoms with Crippen LogP contribution in [0.4, 0.5) is 20.3 Å². The number of pyridine rings is 1. The van der Waals surface area contributed by atoms with E-state index in [9.17, 15) is 13.6 Å². The van der Waals surface area contributed by atoms with E-state index in [1.807, 2.05) is 25.1 Å². The van der Waals surface area contributed by atoms with Crippen molar-refractivity contribution < 1.29 is 13.6 Å². The van der Waals surface area contributed by atoms with Crippen molar-refractivity contribution in [2.45, 2.75) is 19.8 Å². The van der Waals surface area contributed by atoms with Crippen molar-refractivity contribution in [3.05, 3.63) is 78.2 Å². The predicted octanol–water partition coefficient (Wildman–Crippen LogP) is 3.83. The van der Waals surface area contributed by atoms with Crippen molar-refractivity contribution in [2.75, 3.05) is 17.7 Å². The number of hydrogen-bond acceptors (Lipinski definition) is 7. The van der Waals surface area contributed by atoms with Crippen LogP contribution in [-0.4, -0.2) is 33.8 Å². The molecule has 10 heteroatoms. The molecule has 2 aromatic heterocycles. The maximum Gasteiger partial charge on any atom is 0.271 e. The fourth-order valence-corrected chi connectivity index (χ4v) is 3.15. The number of aromatic nitrogens is 3. The van der Waals surface area contributed by atoms with Crippen LogP contribution in [0.15, 0.2) is 72.6 Å². The molecule has 3 rings (SSSR count). The normalized spacial score (nSPS) is 12.4. The lowest BCUT2D eigenvalue weighted by atomic mass is 9.99. The van der Waals surface area contributed by atoms with Gasteiger partial charge in [0.05, 0.1) is 11.4 Å². The Labute approximate surface area is 195 Å². The fraction of sp³-hybridized carbons (Fsp3) is 0.167. The molecule has 8 nitrogen and oxygen atoms in total. The quantitative estimate of drug-likeness (QED) is 0.308. The van der Waals surface area contributed by atoms with Crippen molar-refractivity contribution in [2.24, 2.45) is 11.5 Å². The Morgan fingerprint density at radius 1 is 1.12 bits per heavy atom. The average Bonchev–Trinajstić information content (AvgIpc) is 2.82. The van der Waals surface area contributed by atoms with Gasteiger partial charge in [0.1, 0.15) is 12.1 Å². The van der Waals surface area contributed by atoms with Crippen LogP contribution in [0.5, 0.6) is 0 Å². The molecule has 0 aliphatic rings. The topological polar surface area (TPSA) is 132 Å². The molecule has 0 unspecified atom stereocenters. The molecule has 34 heavy (non-hydrogen) atoms. The molecule has 3 aromatic rings. The number of hydrogen-bond donors (Lipinski definition) is 4. The predicted molar refractivity (Wildman–Crippen MR) is 129 cm³/mol. The smallest absolute Gasteiger partial charge is 0.271 e. The van der Waals surface area contributed by atoms with Gasteiger partial charge in [0.15, 0.2) is 0 Å². The second-order valence-electron chi connectivity index (χ2n) is 7.59. The van der Waals surface area contributed by atoms with Crippen LogP contribution in [0.3, 0.4) is 0 Å². The molecule has 0 radical (unpaired) electrons. The Morgan fingerprint density at radius 2 is 1.85 bits per heavy atom. The molecular formula is C24H25F2N7O. The van der Waals surface area contributed by atoms with E-state index in [0.29, 0.717) is 24.1 Å². The average molecular weight is 466 g/mol. The highest BCUT2D eigenvalue weighted by Gasteiger charge is 2.26. The number of allylic oxidation sites excluding steroid dienone is 2. The minimum Gasteiger partial charge on any atom is -0.404 e. The molecule has 1 amide bonds. The third kappa shape index (κ3) is 5.71. The summed E-state index contributed by atoms with van der Waals surface area (Å²) in [6.45, 7) is 2.59. The van der Waals surface area contributed by atoms with E-state index in [-0.39, 0.29) is 0 Å². The Kier molecular flexibility index (Phi) is 7.20. The van der Waals surface area contributed by atoms with Gasteiger partial charge in [0.2, 0.25) is 0 Å². The lowest BCUT2D eigenvalue weighted by molar-refractivity contribution is -0.112. The van der Waals surface area contributed by atoms with Crippen LogP contribution in [0, 0.1) is 6.92 Å². The third-order valence-corrected chi connectivity index (χ3v) is 5.02. The molecule has 6 N–H and O–H groups in total. The van der Waals surface area contributed by atoms with Gasteiger partial charge in [0.25, 0.3) is 11.8 Å². The third-order valence-electron chi connectivity index (χ3n) is 5.02. The maximum absolute atomic E-state index is 13.5. The Balaban J connectivity index is 1.89. The standard InChI is InChI=1S/C24H25F2N7O/c1-14-4-5-18(33-23(34)20(28)7-17(10-27)24(2,25)26)8-19(14)15-6-16(12-30-11-15)21-9-22(29-3)32-13-31-21/h4-13H,27-28H2,1-3H3,(H,33,34)(H,29,31,32)/b17-10+,20-7-. The largest absolute Gasteiger partial charge is 0.404 e. The highest BCUT2D eigenvalue weighted by atomic mass is 19.3. The molecule has 0 saturated carbocycles. The van der Waals surface area contributed by atoms with E-state index < -0.39 is 23.1 Å². The van der Waals surface area contributed by atoms with Crippen molar-refractivity contribution in [3.63, 3.8) is 0 Å². The second kappa shape index (κ2) is 10.1. The molecular weight excluding hydrogens is 440 g/mol. The zero-order chi connectivity index (χ0) is 24.9. The number of nitrogens with two attached hydrogens (primary N) is 2. The highest BCUT2D eigenvalue weighted by molar-refractivity contribution is 6.03. The van der Waals surface area contributed by atoms with Crippen molar-refractivity contribution in [1.82, 2.24) is 15.0 Å². The summed E-state index contributed by atoms with van der Waals surface area (Å²) in [7, 11) is 1.77. The van der Waals surface area contributed by atoms with E-state index in [1.54, 1.807) is 31.6 Å². The van der Waals surface area contributed by atoms with Gasteiger partial charge in [-0.15, -0.1) is 0 Å². The molecule has 0 aliphatic heterocycles. The second-order valence-corrected chi connectivity index (χ2v) is 7.59. The summed E-state index contributed by atoms with van der Waals surface area (Å²) in [6.07, 6.45) is 6.45. The minimum atomic E-state index is -3.23. The number of amides is 1. The molecule has 1 aromatic carbocycles. The summed E-state index contributed by atoms with van der Waals surface area (Å²) in [5, 5.41) is 5.60. The highest BCUT2D eigenvalue weighted by Crippen LogP contribution is 2.30. The number of carbonyl (C=O) groups is 1. The Hall–Kier alpha value is -4.34. The number of nitrogens with zero attached hydrogens (tertiary/aromatic N) is 3. The van der Waals surface area contributed by atoms with Gasteiger partial charge in [0, 0.05) is 61.0 Å². The molecule has 0 bridgehead atoms. The van der Waals surface area contributed by atoms with Gasteiger partial charge in [-0.25, -0.2) is 18.7 Å². The Morgan fingerprint density at radius 3 is 2.53 bits per heavy atom. The number of halogens is 2. The lowest BCUT2D eigenvalue weighted by Crippen LogP contribution is -2.22. The molecule has 0 spiro atoms. The summed E-state index contributed by atoms with van der Waals surface area (Å²) in [5.74, 6) is -3.28. The van der Waals surface area contributed by atoms with Crippen molar-refractivity contribution in [3.8, 4) is 22.4 Å². The molecule has 176 valence electrons. The van der Waals surface area contributed by atoms with Crippen molar-refractivity contribution in [1.29, 1.82) is 0 Å². The van der Waals surface area contributed by atoms with E-state index in [1.165, 1.54) is 6.33 Å². The van der Waals surface area contributed by atoms with E-state index in [2.05, 4.69) is 25.6 Å². The first-order chi connectivity index (χ1) is 16.1. The summed E-state index contributed by atoms with van der Waals surface area (Å²) >= 11 is 0.